The molecular weight excluding hydrogens is 1160 g/mol. The van der Waals surface area contributed by atoms with E-state index in [1.165, 1.54) is 158 Å². The van der Waals surface area contributed by atoms with Crippen molar-refractivity contribution in [3.05, 3.63) is 349 Å². The molecule has 0 saturated carbocycles. The van der Waals surface area contributed by atoms with Gasteiger partial charge in [0, 0.05) is 45.0 Å². The van der Waals surface area contributed by atoms with Gasteiger partial charge in [0.05, 0.1) is 0 Å². The van der Waals surface area contributed by atoms with Crippen LogP contribution >= 0.6 is 0 Å². The maximum atomic E-state index is 2.53. The molecule has 2 aliphatic carbocycles. The van der Waals surface area contributed by atoms with Gasteiger partial charge in [-0.15, -0.1) is 0 Å². The smallest absolute Gasteiger partial charge is 0.0468 e. The molecule has 450 valence electrons. The van der Waals surface area contributed by atoms with Crippen LogP contribution in [0.4, 0.5) is 34.1 Å². The second-order valence-corrected chi connectivity index (χ2v) is 27.7. The molecule has 20 rings (SSSR count). The number of nitrogens with zero attached hydrogens (tertiary/aromatic N) is 2. The Balaban J connectivity index is 0.745. The molecule has 0 aliphatic heterocycles. The monoisotopic (exact) mass is 1220 g/mol. The zero-order chi connectivity index (χ0) is 63.5. The van der Waals surface area contributed by atoms with Gasteiger partial charge in [0.15, 0.2) is 0 Å². The van der Waals surface area contributed by atoms with E-state index in [0.29, 0.717) is 0 Å². The topological polar surface area (TPSA) is 6.48 Å². The average Bonchev–Trinajstić information content (AvgIpc) is 1.54. The Kier molecular flexibility index (Phi) is 11.7. The van der Waals surface area contributed by atoms with E-state index < -0.39 is 0 Å². The van der Waals surface area contributed by atoms with Crippen molar-refractivity contribution in [2.45, 2.75) is 38.0 Å². The van der Waals surface area contributed by atoms with Crippen molar-refractivity contribution in [2.75, 3.05) is 9.80 Å². The van der Waals surface area contributed by atoms with E-state index in [9.17, 15) is 0 Å². The van der Waals surface area contributed by atoms with Crippen LogP contribution in [0.1, 0.15) is 48.6 Å². The molecule has 2 aliphatic rings. The Morgan fingerprint density at radius 1 is 0.208 bits per heavy atom. The molecule has 2 nitrogen and oxygen atoms in total. The first-order chi connectivity index (χ1) is 47.2. The van der Waals surface area contributed by atoms with Crippen molar-refractivity contribution >= 4 is 142 Å². The Morgan fingerprint density at radius 3 is 1.14 bits per heavy atom. The zero-order valence-corrected chi connectivity index (χ0v) is 53.7. The number of benzene rings is 18. The highest BCUT2D eigenvalue weighted by Crippen LogP contribution is 2.55. The van der Waals surface area contributed by atoms with Crippen LogP contribution in [0.5, 0.6) is 0 Å². The van der Waals surface area contributed by atoms with Gasteiger partial charge in [0.25, 0.3) is 0 Å². The third-order valence-corrected chi connectivity index (χ3v) is 22.2. The van der Waals surface area contributed by atoms with Crippen molar-refractivity contribution in [3.63, 3.8) is 0 Å². The summed E-state index contributed by atoms with van der Waals surface area (Å²) in [6.45, 7) is 7.28. The van der Waals surface area contributed by atoms with Crippen molar-refractivity contribution < 1.29 is 0 Å². The van der Waals surface area contributed by atoms with Gasteiger partial charge in [-0.1, -0.05) is 269 Å². The lowest BCUT2D eigenvalue weighted by Crippen LogP contribution is -2.24. The summed E-state index contributed by atoms with van der Waals surface area (Å²) < 4.78 is 0. The summed E-state index contributed by atoms with van der Waals surface area (Å²) in [4.78, 5) is 5.03. The summed E-state index contributed by atoms with van der Waals surface area (Å²) in [5.74, 6) is 0. The molecule has 0 spiro atoms. The van der Waals surface area contributed by atoms with Crippen LogP contribution in [0, 0.1) is 0 Å². The van der Waals surface area contributed by atoms with Gasteiger partial charge < -0.3 is 9.80 Å². The number of hydrogen-bond acceptors (Lipinski definition) is 2. The maximum Gasteiger partial charge on any atom is 0.0468 e. The van der Waals surface area contributed by atoms with Crippen LogP contribution in [-0.4, -0.2) is 0 Å². The lowest BCUT2D eigenvalue weighted by molar-refractivity contribution is 0.585. The molecule has 2 heteroatoms. The SMILES string of the molecule is CC1(C)c2ccccc2-c2ccc(N(c3ccc4ccc5c(CC6(C)c7ccccc7-c7ccc(N(c8ccc9c(ccc%10ccccc%109)c8)c8ccc9c%10ccccc%10c%10ccccc%10c9c8)cc76)cccc5c4c3)c3ccc4c5ccccc5c5ccccc5c4c3)cc21. The summed E-state index contributed by atoms with van der Waals surface area (Å²) in [6.07, 6.45) is 0.806. The summed E-state index contributed by atoms with van der Waals surface area (Å²) >= 11 is 0. The highest BCUT2D eigenvalue weighted by Gasteiger charge is 2.41. The van der Waals surface area contributed by atoms with Gasteiger partial charge >= 0.3 is 0 Å². The molecule has 0 N–H and O–H groups in total. The molecule has 18 aromatic rings. The summed E-state index contributed by atoms with van der Waals surface area (Å²) in [7, 11) is 0. The van der Waals surface area contributed by atoms with Gasteiger partial charge in [-0.3, -0.25) is 0 Å². The molecule has 0 saturated heterocycles. The number of fused-ring (bicyclic) bond motifs is 24. The number of anilines is 6. The van der Waals surface area contributed by atoms with E-state index in [0.717, 1.165) is 40.5 Å². The molecule has 1 unspecified atom stereocenters. The molecular formula is C94H64N2. The number of rotatable bonds is 8. The third kappa shape index (κ3) is 8.00. The van der Waals surface area contributed by atoms with E-state index in [1.54, 1.807) is 0 Å². The van der Waals surface area contributed by atoms with Gasteiger partial charge in [0.2, 0.25) is 0 Å². The van der Waals surface area contributed by atoms with Crippen molar-refractivity contribution in [1.29, 1.82) is 0 Å². The van der Waals surface area contributed by atoms with Gasteiger partial charge in [-0.2, -0.15) is 0 Å². The standard InChI is InChI=1S/C94H64N2/c1-93(2)89-33-16-14-30-82(89)84-49-43-66(55-91(84)93)96(65-42-48-81-77-27-9-7-23-73(77)75-25-11-13-29-79(75)88(81)54-65)63-39-37-59-38-45-70-61(20-18-32-71(70)86(59)52-63)57-94(3)90-34-17-15-31-83(90)85-50-44-67(56-92(85)94)95(62-40-46-69-60(51-62)36-35-58-19-4-5-21-68(58)69)64-41-47-80-76-26-8-6-22-72(76)74-24-10-12-28-78(74)87(80)53-64/h4-56H,57H2,1-3H3. The van der Waals surface area contributed by atoms with Gasteiger partial charge in [-0.25, -0.2) is 0 Å². The Morgan fingerprint density at radius 2 is 0.542 bits per heavy atom. The van der Waals surface area contributed by atoms with Crippen molar-refractivity contribution in [1.82, 2.24) is 0 Å². The van der Waals surface area contributed by atoms with Crippen LogP contribution in [0.25, 0.3) is 130 Å². The molecule has 0 radical (unpaired) electrons. The summed E-state index contributed by atoms with van der Waals surface area (Å²) in [5.41, 5.74) is 18.2. The predicted molar refractivity (Wildman–Crippen MR) is 410 cm³/mol. The largest absolute Gasteiger partial charge is 0.310 e. The van der Waals surface area contributed by atoms with Crippen molar-refractivity contribution in [2.24, 2.45) is 0 Å². The van der Waals surface area contributed by atoms with Crippen LogP contribution in [-0.2, 0) is 17.3 Å². The van der Waals surface area contributed by atoms with E-state index >= 15 is 0 Å². The zero-order valence-electron chi connectivity index (χ0n) is 53.7. The second-order valence-electron chi connectivity index (χ2n) is 27.7. The molecule has 0 bridgehead atoms. The van der Waals surface area contributed by atoms with Crippen LogP contribution in [0.15, 0.2) is 322 Å². The lowest BCUT2D eigenvalue weighted by atomic mass is 9.74. The average molecular weight is 1220 g/mol. The van der Waals surface area contributed by atoms with Gasteiger partial charge in [0.1, 0.15) is 0 Å². The molecule has 96 heavy (non-hydrogen) atoms. The highest BCUT2D eigenvalue weighted by atomic mass is 15.1. The highest BCUT2D eigenvalue weighted by molar-refractivity contribution is 6.27. The fraction of sp³-hybridized carbons (Fsp3) is 0.0638. The van der Waals surface area contributed by atoms with Gasteiger partial charge in [-0.05, 0) is 237 Å². The lowest BCUT2D eigenvalue weighted by Gasteiger charge is -2.31. The molecule has 0 fully saturated rings. The van der Waals surface area contributed by atoms with E-state index in [1.807, 2.05) is 0 Å². The van der Waals surface area contributed by atoms with Crippen LogP contribution in [0.3, 0.4) is 0 Å². The minimum absolute atomic E-state index is 0.170. The molecule has 18 aromatic carbocycles. The first-order valence-electron chi connectivity index (χ1n) is 33.8. The van der Waals surface area contributed by atoms with Crippen LogP contribution < -0.4 is 9.80 Å². The van der Waals surface area contributed by atoms with Crippen LogP contribution in [0.2, 0.25) is 0 Å². The Bertz CT molecular complexity index is 6320. The molecule has 0 aromatic heterocycles. The predicted octanol–water partition coefficient (Wildman–Crippen LogP) is 26.0. The van der Waals surface area contributed by atoms with Crippen molar-refractivity contribution in [3.8, 4) is 22.3 Å². The Hall–Kier alpha value is -11.8. The molecule has 0 heterocycles. The van der Waals surface area contributed by atoms with E-state index in [-0.39, 0.29) is 10.8 Å². The third-order valence-electron chi connectivity index (χ3n) is 22.2. The second kappa shape index (κ2) is 20.6. The normalized spacial score (nSPS) is 14.6. The molecule has 0 amide bonds. The maximum absolute atomic E-state index is 2.53. The number of hydrogen-bond donors (Lipinski definition) is 0. The molecule has 1 atom stereocenters. The minimum atomic E-state index is -0.386. The Labute approximate surface area is 557 Å². The fourth-order valence-corrected chi connectivity index (χ4v) is 17.6. The summed E-state index contributed by atoms with van der Waals surface area (Å²) in [6, 6.07) is 122. The first kappa shape index (κ1) is 54.7. The van der Waals surface area contributed by atoms with E-state index in [4.69, 9.17) is 0 Å². The fourth-order valence-electron chi connectivity index (χ4n) is 17.6. The first-order valence-corrected chi connectivity index (χ1v) is 33.8. The minimum Gasteiger partial charge on any atom is -0.310 e. The quantitative estimate of drug-likeness (QED) is 0.140. The summed E-state index contributed by atoms with van der Waals surface area (Å²) in [5, 5.41) is 25.1. The van der Waals surface area contributed by atoms with E-state index in [2.05, 4.69) is 352 Å².